The lowest BCUT2D eigenvalue weighted by Gasteiger charge is -2.41. The van der Waals surface area contributed by atoms with E-state index in [4.69, 9.17) is 9.72 Å². The number of carbonyl (C=O) groups excluding carboxylic acids is 1. The van der Waals surface area contributed by atoms with Crippen molar-refractivity contribution in [2.45, 2.75) is 90.3 Å². The number of likely N-dealkylation sites (tertiary alicyclic amines) is 1. The summed E-state index contributed by atoms with van der Waals surface area (Å²) in [5.41, 5.74) is 0.677. The summed E-state index contributed by atoms with van der Waals surface area (Å²) in [6.07, 6.45) is 9.52. The summed E-state index contributed by atoms with van der Waals surface area (Å²) in [6, 6.07) is 4.71. The Morgan fingerprint density at radius 2 is 2.04 bits per heavy atom. The molecule has 1 aromatic heterocycles. The minimum atomic E-state index is -0.507. The molecule has 3 rings (SSSR count). The maximum Gasteiger partial charge on any atom is 0.416 e. The van der Waals surface area contributed by atoms with Gasteiger partial charge in [0.25, 0.3) is 0 Å². The number of hydrogen-bond acceptors (Lipinski definition) is 4. The Hall–Kier alpha value is -1.62. The summed E-state index contributed by atoms with van der Waals surface area (Å²) >= 11 is 0. The van der Waals surface area contributed by atoms with Gasteiger partial charge < -0.3 is 4.74 Å². The van der Waals surface area contributed by atoms with E-state index in [1.54, 1.807) is 0 Å². The van der Waals surface area contributed by atoms with Crippen molar-refractivity contribution in [3.8, 4) is 0 Å². The van der Waals surface area contributed by atoms with Crippen LogP contribution in [0.15, 0.2) is 18.3 Å². The Morgan fingerprint density at radius 1 is 1.26 bits per heavy atom. The van der Waals surface area contributed by atoms with E-state index in [2.05, 4.69) is 17.9 Å². The lowest BCUT2D eigenvalue weighted by Crippen LogP contribution is -2.48. The van der Waals surface area contributed by atoms with Crippen molar-refractivity contribution in [2.75, 3.05) is 18.0 Å². The first-order chi connectivity index (χ1) is 12.9. The van der Waals surface area contributed by atoms with Gasteiger partial charge in [-0.05, 0) is 78.5 Å². The Labute approximate surface area is 164 Å². The Kier molecular flexibility index (Phi) is 6.40. The van der Waals surface area contributed by atoms with Gasteiger partial charge in [-0.3, -0.25) is 9.80 Å². The molecule has 1 aliphatic carbocycles. The van der Waals surface area contributed by atoms with Crippen molar-refractivity contribution in [3.63, 3.8) is 0 Å². The van der Waals surface area contributed by atoms with Crippen LogP contribution in [0.1, 0.15) is 84.2 Å². The Bertz CT molecular complexity index is 635. The number of nitrogens with zero attached hydrogens (tertiary/aromatic N) is 3. The van der Waals surface area contributed by atoms with Gasteiger partial charge in [-0.15, -0.1) is 0 Å². The largest absolute Gasteiger partial charge is 0.443 e. The average molecular weight is 374 g/mol. The second-order valence-electron chi connectivity index (χ2n) is 8.90. The zero-order chi connectivity index (χ0) is 19.4. The third-order valence-electron chi connectivity index (χ3n) is 5.56. The molecular weight excluding hydrogens is 338 g/mol. The zero-order valence-electron chi connectivity index (χ0n) is 17.4. The van der Waals surface area contributed by atoms with Crippen LogP contribution in [0.4, 0.5) is 10.6 Å². The van der Waals surface area contributed by atoms with Crippen LogP contribution in [-0.2, 0) is 4.74 Å². The SMILES string of the molecule is CCCN1CCCC[C@@H]1c1cccnc1N(C(=O)OC(C)(C)C)C1CCC1. The van der Waals surface area contributed by atoms with Crippen molar-refractivity contribution in [1.29, 1.82) is 0 Å². The second-order valence-corrected chi connectivity index (χ2v) is 8.90. The normalized spacial score (nSPS) is 21.6. The van der Waals surface area contributed by atoms with Crippen LogP contribution in [0.3, 0.4) is 0 Å². The molecule has 1 aromatic rings. The van der Waals surface area contributed by atoms with Crippen molar-refractivity contribution < 1.29 is 9.53 Å². The van der Waals surface area contributed by atoms with E-state index < -0.39 is 5.60 Å². The molecule has 0 spiro atoms. The van der Waals surface area contributed by atoms with Crippen molar-refractivity contribution in [3.05, 3.63) is 23.9 Å². The van der Waals surface area contributed by atoms with Gasteiger partial charge in [0.05, 0.1) is 0 Å². The molecule has 0 bridgehead atoms. The maximum absolute atomic E-state index is 13.1. The van der Waals surface area contributed by atoms with E-state index in [0.29, 0.717) is 6.04 Å². The summed E-state index contributed by atoms with van der Waals surface area (Å²) in [7, 11) is 0. The first kappa shape index (κ1) is 20.1. The molecule has 1 aliphatic heterocycles. The zero-order valence-corrected chi connectivity index (χ0v) is 17.4. The fourth-order valence-electron chi connectivity index (χ4n) is 4.13. The lowest BCUT2D eigenvalue weighted by molar-refractivity contribution is 0.0546. The van der Waals surface area contributed by atoms with Gasteiger partial charge in [0.1, 0.15) is 11.4 Å². The minimum absolute atomic E-state index is 0.205. The highest BCUT2D eigenvalue weighted by atomic mass is 16.6. The highest BCUT2D eigenvalue weighted by molar-refractivity contribution is 5.88. The molecule has 1 atom stereocenters. The van der Waals surface area contributed by atoms with E-state index >= 15 is 0 Å². The van der Waals surface area contributed by atoms with Gasteiger partial charge in [-0.25, -0.2) is 9.78 Å². The number of aromatic nitrogens is 1. The molecule has 150 valence electrons. The first-order valence-corrected chi connectivity index (χ1v) is 10.6. The molecule has 5 heteroatoms. The fourth-order valence-corrected chi connectivity index (χ4v) is 4.13. The molecule has 2 heterocycles. The highest BCUT2D eigenvalue weighted by Gasteiger charge is 2.37. The maximum atomic E-state index is 13.1. The minimum Gasteiger partial charge on any atom is -0.443 e. The Balaban J connectivity index is 1.94. The number of pyridine rings is 1. The second kappa shape index (κ2) is 8.59. The van der Waals surface area contributed by atoms with Gasteiger partial charge in [0.15, 0.2) is 0 Å². The molecule has 1 amide bonds. The number of ether oxygens (including phenoxy) is 1. The summed E-state index contributed by atoms with van der Waals surface area (Å²) < 4.78 is 5.76. The number of carbonyl (C=O) groups is 1. The standard InChI is InChI=1S/C22H35N3O2/c1-5-15-24-16-7-6-13-19(24)18-12-9-14-23-20(18)25(17-10-8-11-17)21(26)27-22(2,3)4/h9,12,14,17,19H,5-8,10-11,13,15-16H2,1-4H3/t19-/m1/s1. The predicted molar refractivity (Wildman–Crippen MR) is 109 cm³/mol. The number of hydrogen-bond donors (Lipinski definition) is 0. The van der Waals surface area contributed by atoms with Crippen molar-refractivity contribution in [2.24, 2.45) is 0 Å². The first-order valence-electron chi connectivity index (χ1n) is 10.6. The predicted octanol–water partition coefficient (Wildman–Crippen LogP) is 5.31. The van der Waals surface area contributed by atoms with Crippen molar-refractivity contribution in [1.82, 2.24) is 9.88 Å². The van der Waals surface area contributed by atoms with Gasteiger partial charge >= 0.3 is 6.09 Å². The fraction of sp³-hybridized carbons (Fsp3) is 0.727. The van der Waals surface area contributed by atoms with E-state index in [-0.39, 0.29) is 12.1 Å². The molecule has 1 saturated heterocycles. The van der Waals surface area contributed by atoms with Gasteiger partial charge in [0.2, 0.25) is 0 Å². The summed E-state index contributed by atoms with van der Waals surface area (Å²) in [5, 5.41) is 0. The lowest BCUT2D eigenvalue weighted by atomic mass is 9.90. The summed E-state index contributed by atoms with van der Waals surface area (Å²) in [6.45, 7) is 10.2. The molecule has 0 aromatic carbocycles. The van der Waals surface area contributed by atoms with Crippen LogP contribution in [0.5, 0.6) is 0 Å². The molecule has 5 nitrogen and oxygen atoms in total. The molecule has 27 heavy (non-hydrogen) atoms. The van der Waals surface area contributed by atoms with E-state index in [1.807, 2.05) is 37.9 Å². The van der Waals surface area contributed by atoms with Crippen molar-refractivity contribution >= 4 is 11.9 Å². The van der Waals surface area contributed by atoms with Crippen LogP contribution in [0.25, 0.3) is 0 Å². The highest BCUT2D eigenvalue weighted by Crippen LogP contribution is 2.38. The number of anilines is 1. The molecule has 2 fully saturated rings. The summed E-state index contributed by atoms with van der Waals surface area (Å²) in [4.78, 5) is 22.2. The van der Waals surface area contributed by atoms with E-state index in [9.17, 15) is 4.79 Å². The topological polar surface area (TPSA) is 45.7 Å². The average Bonchev–Trinajstić information content (AvgIpc) is 2.57. The van der Waals surface area contributed by atoms with Crippen LogP contribution in [0, 0.1) is 0 Å². The molecule has 0 N–H and O–H groups in total. The quantitative estimate of drug-likeness (QED) is 0.701. The molecule has 0 radical (unpaired) electrons. The molecular formula is C22H35N3O2. The van der Waals surface area contributed by atoms with Crippen LogP contribution < -0.4 is 4.90 Å². The van der Waals surface area contributed by atoms with Gasteiger partial charge in [-0.1, -0.05) is 19.4 Å². The van der Waals surface area contributed by atoms with Gasteiger partial charge in [-0.2, -0.15) is 0 Å². The monoisotopic (exact) mass is 373 g/mol. The number of piperidine rings is 1. The van der Waals surface area contributed by atoms with Crippen LogP contribution >= 0.6 is 0 Å². The molecule has 0 unspecified atom stereocenters. The third-order valence-corrected chi connectivity index (χ3v) is 5.56. The van der Waals surface area contributed by atoms with E-state index in [1.165, 1.54) is 18.4 Å². The van der Waals surface area contributed by atoms with E-state index in [0.717, 1.165) is 51.0 Å². The summed E-state index contributed by atoms with van der Waals surface area (Å²) in [5.74, 6) is 0.810. The molecule has 1 saturated carbocycles. The number of amides is 1. The number of rotatable bonds is 5. The Morgan fingerprint density at radius 3 is 2.67 bits per heavy atom. The molecule has 2 aliphatic rings. The van der Waals surface area contributed by atoms with Crippen LogP contribution in [-0.4, -0.2) is 40.7 Å². The van der Waals surface area contributed by atoms with Gasteiger partial charge in [0, 0.05) is 23.8 Å². The smallest absolute Gasteiger partial charge is 0.416 e. The van der Waals surface area contributed by atoms with Crippen LogP contribution in [0.2, 0.25) is 0 Å². The third kappa shape index (κ3) is 4.81.